The molecule has 25 heavy (non-hydrogen) atoms. The van der Waals surface area contributed by atoms with E-state index in [0.29, 0.717) is 22.8 Å². The van der Waals surface area contributed by atoms with Gasteiger partial charge < -0.3 is 24.4 Å². The molecule has 1 aromatic heterocycles. The topological polar surface area (TPSA) is 93.8 Å². The summed E-state index contributed by atoms with van der Waals surface area (Å²) in [5.41, 5.74) is 1.27. The molecule has 1 heterocycles. The molecule has 0 radical (unpaired) electrons. The van der Waals surface area contributed by atoms with Gasteiger partial charge in [0.25, 0.3) is 5.91 Å². The van der Waals surface area contributed by atoms with E-state index in [0.717, 1.165) is 19.3 Å². The van der Waals surface area contributed by atoms with Crippen molar-refractivity contribution in [2.75, 3.05) is 14.2 Å². The first kappa shape index (κ1) is 17.3. The second-order valence-electron chi connectivity index (χ2n) is 6.12. The van der Waals surface area contributed by atoms with Crippen LogP contribution in [0.1, 0.15) is 48.4 Å². The second kappa shape index (κ2) is 7.14. The van der Waals surface area contributed by atoms with E-state index in [4.69, 9.17) is 14.0 Å². The average molecular weight is 346 g/mol. The number of carbonyl (C=O) groups is 1. The maximum Gasteiger partial charge on any atom is 0.257 e. The third-order valence-corrected chi connectivity index (χ3v) is 4.42. The van der Waals surface area contributed by atoms with Crippen LogP contribution in [0.3, 0.4) is 0 Å². The van der Waals surface area contributed by atoms with Crippen molar-refractivity contribution >= 4 is 5.91 Å². The van der Waals surface area contributed by atoms with Gasteiger partial charge in [-0.1, -0.05) is 5.16 Å². The maximum atomic E-state index is 12.7. The lowest BCUT2D eigenvalue weighted by Gasteiger charge is -2.26. The van der Waals surface area contributed by atoms with Gasteiger partial charge in [0.15, 0.2) is 17.3 Å². The highest BCUT2D eigenvalue weighted by Crippen LogP contribution is 2.35. The monoisotopic (exact) mass is 346 g/mol. The fourth-order valence-electron chi connectivity index (χ4n) is 2.80. The Labute approximate surface area is 145 Å². The van der Waals surface area contributed by atoms with Crippen LogP contribution in [0.2, 0.25) is 0 Å². The molecule has 0 spiro atoms. The normalized spacial score (nSPS) is 15.4. The number of hydrogen-bond acceptors (Lipinski definition) is 6. The Morgan fingerprint density at radius 2 is 2.04 bits per heavy atom. The van der Waals surface area contributed by atoms with E-state index >= 15 is 0 Å². The lowest BCUT2D eigenvalue weighted by molar-refractivity contribution is 0.0904. The first-order valence-electron chi connectivity index (χ1n) is 8.26. The van der Waals surface area contributed by atoms with Gasteiger partial charge in [-0.3, -0.25) is 4.79 Å². The van der Waals surface area contributed by atoms with E-state index in [9.17, 15) is 9.90 Å². The first-order valence-corrected chi connectivity index (χ1v) is 8.26. The molecule has 1 atom stereocenters. The highest BCUT2D eigenvalue weighted by Gasteiger charge is 2.29. The molecule has 7 heteroatoms. The van der Waals surface area contributed by atoms with Crippen molar-refractivity contribution in [3.05, 3.63) is 29.5 Å². The molecule has 1 aliphatic rings. The molecule has 0 bridgehead atoms. The van der Waals surface area contributed by atoms with Gasteiger partial charge in [-0.2, -0.15) is 0 Å². The van der Waals surface area contributed by atoms with Crippen LogP contribution < -0.4 is 14.8 Å². The molecule has 0 aliphatic heterocycles. The lowest BCUT2D eigenvalue weighted by atomic mass is 9.92. The number of benzene rings is 1. The number of aliphatic hydroxyl groups excluding tert-OH is 1. The van der Waals surface area contributed by atoms with Gasteiger partial charge >= 0.3 is 0 Å². The molecule has 7 nitrogen and oxygen atoms in total. The van der Waals surface area contributed by atoms with E-state index in [2.05, 4.69) is 10.5 Å². The van der Waals surface area contributed by atoms with Crippen LogP contribution in [0.4, 0.5) is 0 Å². The largest absolute Gasteiger partial charge is 0.493 e. The summed E-state index contributed by atoms with van der Waals surface area (Å²) >= 11 is 0. The van der Waals surface area contributed by atoms with Crippen molar-refractivity contribution < 1.29 is 23.9 Å². The van der Waals surface area contributed by atoms with Crippen LogP contribution in [0.25, 0.3) is 11.3 Å². The van der Waals surface area contributed by atoms with Crippen molar-refractivity contribution in [3.63, 3.8) is 0 Å². The summed E-state index contributed by atoms with van der Waals surface area (Å²) in [7, 11) is 3.09. The zero-order valence-electron chi connectivity index (χ0n) is 14.5. The Bertz CT molecular complexity index is 765. The summed E-state index contributed by atoms with van der Waals surface area (Å²) in [6.45, 7) is 1.54. The van der Waals surface area contributed by atoms with Gasteiger partial charge in [-0.25, -0.2) is 0 Å². The summed E-state index contributed by atoms with van der Waals surface area (Å²) in [6.07, 6.45) is 2.10. The van der Waals surface area contributed by atoms with Crippen LogP contribution in [0.15, 0.2) is 22.7 Å². The second-order valence-corrected chi connectivity index (χ2v) is 6.12. The van der Waals surface area contributed by atoms with Crippen molar-refractivity contribution in [2.45, 2.75) is 38.3 Å². The average Bonchev–Trinajstić information content (AvgIpc) is 3.02. The summed E-state index contributed by atoms with van der Waals surface area (Å²) in [5.74, 6) is 0.964. The van der Waals surface area contributed by atoms with E-state index < -0.39 is 6.10 Å². The summed E-state index contributed by atoms with van der Waals surface area (Å²) in [4.78, 5) is 12.7. The Morgan fingerprint density at radius 1 is 1.32 bits per heavy atom. The van der Waals surface area contributed by atoms with Crippen LogP contribution in [-0.2, 0) is 0 Å². The van der Waals surface area contributed by atoms with E-state index in [1.165, 1.54) is 7.11 Å². The number of rotatable bonds is 6. The van der Waals surface area contributed by atoms with Crippen LogP contribution >= 0.6 is 0 Å². The Kier molecular flexibility index (Phi) is 4.94. The minimum atomic E-state index is -0.941. The molecule has 1 aromatic carbocycles. The van der Waals surface area contributed by atoms with E-state index in [1.54, 1.807) is 32.2 Å². The van der Waals surface area contributed by atoms with Crippen LogP contribution in [-0.4, -0.2) is 36.4 Å². The van der Waals surface area contributed by atoms with Gasteiger partial charge in [0.2, 0.25) is 0 Å². The molecule has 2 N–H and O–H groups in total. The molecular formula is C18H22N2O5. The zero-order valence-corrected chi connectivity index (χ0v) is 14.5. The van der Waals surface area contributed by atoms with Crippen molar-refractivity contribution in [3.8, 4) is 22.8 Å². The standard InChI is InChI=1S/C18H22N2O5/c1-10(21)17-15(18(22)19-12-5-4-6-12)16(20-25-17)11-7-8-13(23-2)14(9-11)24-3/h7-10,12,21H,4-6H2,1-3H3,(H,19,22)/t10-/m0/s1. The fourth-order valence-corrected chi connectivity index (χ4v) is 2.80. The predicted octanol–water partition coefficient (Wildman–Crippen LogP) is 2.69. The number of nitrogens with zero attached hydrogens (tertiary/aromatic N) is 1. The summed E-state index contributed by atoms with van der Waals surface area (Å²) in [6, 6.07) is 5.40. The molecule has 1 amide bonds. The van der Waals surface area contributed by atoms with Crippen LogP contribution in [0.5, 0.6) is 11.5 Å². The van der Waals surface area contributed by atoms with Gasteiger partial charge in [0.1, 0.15) is 17.4 Å². The number of amides is 1. The zero-order chi connectivity index (χ0) is 18.0. The fraction of sp³-hybridized carbons (Fsp3) is 0.444. The SMILES string of the molecule is COc1ccc(-c2noc([C@H](C)O)c2C(=O)NC2CCC2)cc1OC. The molecule has 0 unspecified atom stereocenters. The molecule has 0 saturated heterocycles. The van der Waals surface area contributed by atoms with Gasteiger partial charge in [-0.05, 0) is 44.4 Å². The number of hydrogen-bond donors (Lipinski definition) is 2. The number of carbonyl (C=O) groups excluding carboxylic acids is 1. The van der Waals surface area contributed by atoms with E-state index in [1.807, 2.05) is 0 Å². The third-order valence-electron chi connectivity index (χ3n) is 4.42. The third kappa shape index (κ3) is 3.32. The van der Waals surface area contributed by atoms with Gasteiger partial charge in [-0.15, -0.1) is 0 Å². The molecule has 3 rings (SSSR count). The Morgan fingerprint density at radius 3 is 2.60 bits per heavy atom. The summed E-state index contributed by atoms with van der Waals surface area (Å²) < 4.78 is 15.8. The maximum absolute atomic E-state index is 12.7. The van der Waals surface area contributed by atoms with E-state index in [-0.39, 0.29) is 23.3 Å². The quantitative estimate of drug-likeness (QED) is 0.835. The minimum absolute atomic E-state index is 0.154. The molecule has 1 fully saturated rings. The minimum Gasteiger partial charge on any atom is -0.493 e. The molecule has 134 valence electrons. The predicted molar refractivity (Wildman–Crippen MR) is 90.8 cm³/mol. The Hall–Kier alpha value is -2.54. The number of methoxy groups -OCH3 is 2. The first-order chi connectivity index (χ1) is 12.0. The highest BCUT2D eigenvalue weighted by atomic mass is 16.5. The number of aliphatic hydroxyl groups is 1. The van der Waals surface area contributed by atoms with Gasteiger partial charge in [0.05, 0.1) is 14.2 Å². The highest BCUT2D eigenvalue weighted by molar-refractivity contribution is 6.01. The molecule has 2 aromatic rings. The molecular weight excluding hydrogens is 324 g/mol. The van der Waals surface area contributed by atoms with Crippen LogP contribution in [0, 0.1) is 0 Å². The van der Waals surface area contributed by atoms with Crippen molar-refractivity contribution in [1.82, 2.24) is 10.5 Å². The lowest BCUT2D eigenvalue weighted by Crippen LogP contribution is -2.39. The van der Waals surface area contributed by atoms with Crippen molar-refractivity contribution in [1.29, 1.82) is 0 Å². The number of ether oxygens (including phenoxy) is 2. The van der Waals surface area contributed by atoms with Crippen molar-refractivity contribution in [2.24, 2.45) is 0 Å². The Balaban J connectivity index is 2.02. The van der Waals surface area contributed by atoms with Gasteiger partial charge in [0, 0.05) is 11.6 Å². The summed E-state index contributed by atoms with van der Waals surface area (Å²) in [5, 5.41) is 16.9. The molecule has 1 saturated carbocycles. The number of aromatic nitrogens is 1. The molecule has 1 aliphatic carbocycles. The smallest absolute Gasteiger partial charge is 0.257 e. The number of nitrogens with one attached hydrogen (secondary N) is 1.